The van der Waals surface area contributed by atoms with Gasteiger partial charge in [-0.3, -0.25) is 4.90 Å². The number of hydrogen-bond donors (Lipinski definition) is 1. The summed E-state index contributed by atoms with van der Waals surface area (Å²) in [6.07, 6.45) is 1.21. The van der Waals surface area contributed by atoms with Gasteiger partial charge in [-0.25, -0.2) is 0 Å². The van der Waals surface area contributed by atoms with Crippen molar-refractivity contribution in [2.45, 2.75) is 27.2 Å². The Morgan fingerprint density at radius 1 is 1.22 bits per heavy atom. The Bertz CT molecular complexity index is 215. The third kappa shape index (κ3) is 6.14. The number of rotatable bonds is 8. The largest absolute Gasteiger partial charge is 0.379 e. The van der Waals surface area contributed by atoms with Crippen molar-refractivity contribution in [1.29, 1.82) is 0 Å². The Morgan fingerprint density at radius 2 is 1.89 bits per heavy atom. The lowest BCUT2D eigenvalue weighted by Gasteiger charge is -2.34. The zero-order valence-corrected chi connectivity index (χ0v) is 12.5. The summed E-state index contributed by atoms with van der Waals surface area (Å²) in [6.45, 7) is 16.0. The molecule has 1 heterocycles. The van der Waals surface area contributed by atoms with E-state index in [2.05, 4.69) is 30.6 Å². The summed E-state index contributed by atoms with van der Waals surface area (Å²) < 4.78 is 5.38. The van der Waals surface area contributed by atoms with Gasteiger partial charge in [0.2, 0.25) is 0 Å². The lowest BCUT2D eigenvalue weighted by Crippen LogP contribution is -2.45. The first-order valence-corrected chi connectivity index (χ1v) is 7.30. The molecule has 1 fully saturated rings. The summed E-state index contributed by atoms with van der Waals surface area (Å²) in [4.78, 5) is 5.06. The topological polar surface area (TPSA) is 41.7 Å². The van der Waals surface area contributed by atoms with Gasteiger partial charge in [0.25, 0.3) is 0 Å². The number of nitrogens with two attached hydrogens (primary N) is 1. The third-order valence-electron chi connectivity index (χ3n) is 3.58. The average molecular weight is 257 g/mol. The number of hydrogen-bond acceptors (Lipinski definition) is 4. The molecule has 2 N–H and O–H groups in total. The second-order valence-corrected chi connectivity index (χ2v) is 6.10. The zero-order valence-electron chi connectivity index (χ0n) is 12.5. The van der Waals surface area contributed by atoms with E-state index in [4.69, 9.17) is 10.5 Å². The Hall–Kier alpha value is -0.160. The van der Waals surface area contributed by atoms with Gasteiger partial charge in [-0.05, 0) is 24.9 Å². The van der Waals surface area contributed by atoms with E-state index in [1.54, 1.807) is 0 Å². The summed E-state index contributed by atoms with van der Waals surface area (Å²) >= 11 is 0. The molecule has 0 aromatic rings. The molecule has 1 aliphatic rings. The Kier molecular flexibility index (Phi) is 7.15. The summed E-state index contributed by atoms with van der Waals surface area (Å²) in [5.74, 6) is 0. The van der Waals surface area contributed by atoms with Gasteiger partial charge in [0.05, 0.1) is 13.2 Å². The Morgan fingerprint density at radius 3 is 2.44 bits per heavy atom. The van der Waals surface area contributed by atoms with Gasteiger partial charge in [0.15, 0.2) is 0 Å². The molecule has 0 unspecified atom stereocenters. The molecule has 18 heavy (non-hydrogen) atoms. The summed E-state index contributed by atoms with van der Waals surface area (Å²) in [5, 5.41) is 0. The van der Waals surface area contributed by atoms with Crippen LogP contribution in [0.5, 0.6) is 0 Å². The van der Waals surface area contributed by atoms with E-state index in [1.165, 1.54) is 13.0 Å². The number of morpholine rings is 1. The summed E-state index contributed by atoms with van der Waals surface area (Å²) in [7, 11) is 0. The van der Waals surface area contributed by atoms with Crippen molar-refractivity contribution in [2.75, 3.05) is 59.0 Å². The van der Waals surface area contributed by atoms with Gasteiger partial charge >= 0.3 is 0 Å². The molecule has 1 aliphatic heterocycles. The standard InChI is InChI=1S/C14H31N3O/c1-4-5-17(13-14(2,3)12-15)7-6-16-8-10-18-11-9-16/h4-13,15H2,1-3H3. The maximum absolute atomic E-state index is 5.84. The highest BCUT2D eigenvalue weighted by molar-refractivity contribution is 4.75. The molecule has 1 saturated heterocycles. The van der Waals surface area contributed by atoms with Gasteiger partial charge in [0, 0.05) is 32.7 Å². The second-order valence-electron chi connectivity index (χ2n) is 6.10. The van der Waals surface area contributed by atoms with E-state index in [1.807, 2.05) is 0 Å². The van der Waals surface area contributed by atoms with Crippen LogP contribution >= 0.6 is 0 Å². The Labute approximate surface area is 112 Å². The average Bonchev–Trinajstić information content (AvgIpc) is 2.37. The molecule has 0 aromatic carbocycles. The van der Waals surface area contributed by atoms with Crippen LogP contribution in [0.4, 0.5) is 0 Å². The fourth-order valence-corrected chi connectivity index (χ4v) is 2.36. The van der Waals surface area contributed by atoms with Gasteiger partial charge < -0.3 is 15.4 Å². The molecule has 0 radical (unpaired) electrons. The highest BCUT2D eigenvalue weighted by atomic mass is 16.5. The molecule has 0 saturated carbocycles. The smallest absolute Gasteiger partial charge is 0.0594 e. The predicted octanol–water partition coefficient (Wildman–Crippen LogP) is 1.02. The molecule has 108 valence electrons. The van der Waals surface area contributed by atoms with Crippen LogP contribution in [0.3, 0.4) is 0 Å². The fourth-order valence-electron chi connectivity index (χ4n) is 2.36. The number of nitrogens with zero attached hydrogens (tertiary/aromatic N) is 2. The first kappa shape index (κ1) is 15.9. The van der Waals surface area contributed by atoms with Crippen molar-refractivity contribution in [3.05, 3.63) is 0 Å². The minimum absolute atomic E-state index is 0.222. The summed E-state index contributed by atoms with van der Waals surface area (Å²) in [5.41, 5.74) is 6.06. The molecule has 4 nitrogen and oxygen atoms in total. The minimum atomic E-state index is 0.222. The van der Waals surface area contributed by atoms with Crippen LogP contribution in [0.2, 0.25) is 0 Å². The van der Waals surface area contributed by atoms with Crippen LogP contribution in [0.1, 0.15) is 27.2 Å². The lowest BCUT2D eigenvalue weighted by molar-refractivity contribution is 0.0314. The van der Waals surface area contributed by atoms with Crippen LogP contribution in [0.15, 0.2) is 0 Å². The van der Waals surface area contributed by atoms with Crippen LogP contribution in [-0.2, 0) is 4.74 Å². The van der Waals surface area contributed by atoms with Gasteiger partial charge in [-0.2, -0.15) is 0 Å². The van der Waals surface area contributed by atoms with Crippen LogP contribution in [0, 0.1) is 5.41 Å². The van der Waals surface area contributed by atoms with Crippen molar-refractivity contribution in [2.24, 2.45) is 11.1 Å². The highest BCUT2D eigenvalue weighted by Gasteiger charge is 2.20. The lowest BCUT2D eigenvalue weighted by atomic mass is 9.93. The molecule has 4 heteroatoms. The van der Waals surface area contributed by atoms with Crippen LogP contribution in [-0.4, -0.2) is 68.8 Å². The first-order chi connectivity index (χ1) is 8.57. The predicted molar refractivity (Wildman–Crippen MR) is 76.8 cm³/mol. The SMILES string of the molecule is CCCN(CCN1CCOCC1)CC(C)(C)CN. The molecule has 0 aromatic heterocycles. The number of ether oxygens (including phenoxy) is 1. The van der Waals surface area contributed by atoms with Crippen molar-refractivity contribution >= 4 is 0 Å². The highest BCUT2D eigenvalue weighted by Crippen LogP contribution is 2.15. The van der Waals surface area contributed by atoms with Crippen LogP contribution < -0.4 is 5.73 Å². The van der Waals surface area contributed by atoms with Crippen molar-refractivity contribution in [3.8, 4) is 0 Å². The molecular formula is C14H31N3O. The molecule has 0 amide bonds. The molecule has 0 bridgehead atoms. The summed E-state index contributed by atoms with van der Waals surface area (Å²) in [6, 6.07) is 0. The van der Waals surface area contributed by atoms with E-state index < -0.39 is 0 Å². The van der Waals surface area contributed by atoms with E-state index in [-0.39, 0.29) is 5.41 Å². The molecule has 0 atom stereocenters. The first-order valence-electron chi connectivity index (χ1n) is 7.30. The quantitative estimate of drug-likeness (QED) is 0.705. The van der Waals surface area contributed by atoms with E-state index in [0.717, 1.165) is 52.5 Å². The fraction of sp³-hybridized carbons (Fsp3) is 1.00. The second kappa shape index (κ2) is 8.10. The monoisotopic (exact) mass is 257 g/mol. The van der Waals surface area contributed by atoms with E-state index in [9.17, 15) is 0 Å². The maximum atomic E-state index is 5.84. The maximum Gasteiger partial charge on any atom is 0.0594 e. The van der Waals surface area contributed by atoms with Gasteiger partial charge in [0.1, 0.15) is 0 Å². The molecule has 0 spiro atoms. The van der Waals surface area contributed by atoms with Crippen LogP contribution in [0.25, 0.3) is 0 Å². The van der Waals surface area contributed by atoms with E-state index >= 15 is 0 Å². The van der Waals surface area contributed by atoms with Crippen molar-refractivity contribution < 1.29 is 4.74 Å². The zero-order chi connectivity index (χ0) is 13.4. The van der Waals surface area contributed by atoms with E-state index in [0.29, 0.717) is 0 Å². The van der Waals surface area contributed by atoms with Gasteiger partial charge in [-0.1, -0.05) is 20.8 Å². The molecule has 1 rings (SSSR count). The minimum Gasteiger partial charge on any atom is -0.379 e. The Balaban J connectivity index is 2.32. The molecular weight excluding hydrogens is 226 g/mol. The van der Waals surface area contributed by atoms with Gasteiger partial charge in [-0.15, -0.1) is 0 Å². The third-order valence-corrected chi connectivity index (χ3v) is 3.58. The molecule has 0 aliphatic carbocycles. The van der Waals surface area contributed by atoms with Crippen molar-refractivity contribution in [1.82, 2.24) is 9.80 Å². The normalized spacial score (nSPS) is 18.5. The van der Waals surface area contributed by atoms with Crippen molar-refractivity contribution in [3.63, 3.8) is 0 Å².